The molecule has 53 heavy (non-hydrogen) atoms. The zero-order valence-electron chi connectivity index (χ0n) is 35.9. The normalized spacial score (nSPS) is 12.8. The second-order valence-corrected chi connectivity index (χ2v) is 17.0. The van der Waals surface area contributed by atoms with Gasteiger partial charge in [0.15, 0.2) is 0 Å². The predicted molar refractivity (Wildman–Crippen MR) is 206 cm³/mol. The van der Waals surface area contributed by atoms with Crippen LogP contribution in [0.15, 0.2) is 0 Å². The van der Waals surface area contributed by atoms with Crippen LogP contribution in [-0.2, 0) is 33.2 Å². The third-order valence-corrected chi connectivity index (χ3v) is 6.36. The number of hydrogen-bond acceptors (Lipinski definition) is 13. The summed E-state index contributed by atoms with van der Waals surface area (Å²) in [6, 6.07) is 0. The van der Waals surface area contributed by atoms with Crippen LogP contribution in [0, 0.1) is 0 Å². The Hall–Kier alpha value is -2.80. The molecule has 0 radical (unpaired) electrons. The van der Waals surface area contributed by atoms with Crippen LogP contribution in [-0.4, -0.2) is 82.7 Å². The third-order valence-electron chi connectivity index (χ3n) is 6.36. The fourth-order valence-corrected chi connectivity index (χ4v) is 4.04. The molecule has 0 amide bonds. The summed E-state index contributed by atoms with van der Waals surface area (Å²) in [5, 5.41) is 17.5. The smallest absolute Gasteiger partial charge is 0.430 e. The van der Waals surface area contributed by atoms with Gasteiger partial charge in [0, 0.05) is 0 Å². The van der Waals surface area contributed by atoms with Crippen molar-refractivity contribution in [2.75, 3.05) is 13.2 Å². The lowest BCUT2D eigenvalue weighted by molar-refractivity contribution is -0.0575. The van der Waals surface area contributed by atoms with Crippen LogP contribution < -0.4 is 0 Å². The van der Waals surface area contributed by atoms with E-state index >= 15 is 0 Å². The number of aliphatic hydroxyl groups excluding tert-OH is 2. The van der Waals surface area contributed by atoms with E-state index in [2.05, 4.69) is 18.6 Å². The van der Waals surface area contributed by atoms with E-state index in [4.69, 9.17) is 38.6 Å². The summed E-state index contributed by atoms with van der Waals surface area (Å²) in [6.45, 7) is 24.9. The molecular weight excluding hydrogens is 688 g/mol. The van der Waals surface area contributed by atoms with Crippen molar-refractivity contribution in [1.82, 2.24) is 0 Å². The molecule has 2 unspecified atom stereocenters. The van der Waals surface area contributed by atoms with Crippen molar-refractivity contribution in [2.45, 2.75) is 221 Å². The number of rotatable bonds is 18. The summed E-state index contributed by atoms with van der Waals surface area (Å²) in [5.74, 6) is 0. The van der Waals surface area contributed by atoms with E-state index in [9.17, 15) is 19.2 Å². The van der Waals surface area contributed by atoms with Crippen LogP contribution in [0.3, 0.4) is 0 Å². The molecule has 0 saturated carbocycles. The molecule has 0 aliphatic rings. The van der Waals surface area contributed by atoms with Crippen molar-refractivity contribution in [3.05, 3.63) is 0 Å². The maximum Gasteiger partial charge on any atom is 0.519 e. The first-order chi connectivity index (χ1) is 24.2. The molecule has 13 nitrogen and oxygen atoms in total. The summed E-state index contributed by atoms with van der Waals surface area (Å²) in [7, 11) is 0. The van der Waals surface area contributed by atoms with E-state index in [0.717, 1.165) is 32.1 Å². The van der Waals surface area contributed by atoms with Gasteiger partial charge in [-0.3, -0.25) is 0 Å². The summed E-state index contributed by atoms with van der Waals surface area (Å²) in [6.07, 6.45) is 10.9. The van der Waals surface area contributed by atoms with Gasteiger partial charge in [-0.15, -0.1) is 0 Å². The van der Waals surface area contributed by atoms with E-state index in [-0.39, 0.29) is 13.2 Å². The largest absolute Gasteiger partial charge is 0.519 e. The molecule has 0 aromatic rings. The Morgan fingerprint density at radius 2 is 0.830 bits per heavy atom. The molecule has 0 bridgehead atoms. The first kappa shape index (κ1) is 54.5. The first-order valence-electron chi connectivity index (χ1n) is 19.4. The second-order valence-electron chi connectivity index (χ2n) is 17.0. The highest BCUT2D eigenvalue weighted by molar-refractivity contribution is 5.77. The Balaban J connectivity index is -0.000000781. The Kier molecular flexibility index (Phi) is 30.4. The highest BCUT2D eigenvalue weighted by Gasteiger charge is 2.25. The lowest BCUT2D eigenvalue weighted by Crippen LogP contribution is -2.31. The van der Waals surface area contributed by atoms with Gasteiger partial charge in [0.25, 0.3) is 0 Å². The zero-order chi connectivity index (χ0) is 41.7. The van der Waals surface area contributed by atoms with E-state index in [0.29, 0.717) is 6.42 Å². The van der Waals surface area contributed by atoms with Crippen molar-refractivity contribution in [3.63, 3.8) is 0 Å². The minimum Gasteiger partial charge on any atom is -0.430 e. The topological polar surface area (TPSA) is 173 Å². The number of aliphatic hydroxyl groups is 2. The molecule has 0 fully saturated rings. The Morgan fingerprint density at radius 3 is 1.21 bits per heavy atom. The molecule has 0 aromatic carbocycles. The second kappa shape index (κ2) is 29.5. The minimum atomic E-state index is -1.06. The highest BCUT2D eigenvalue weighted by Crippen LogP contribution is 2.16. The van der Waals surface area contributed by atoms with Gasteiger partial charge < -0.3 is 43.4 Å². The fourth-order valence-electron chi connectivity index (χ4n) is 4.04. The lowest BCUT2D eigenvalue weighted by atomic mass is 10.1. The van der Waals surface area contributed by atoms with Crippen LogP contribution >= 0.6 is 0 Å². The van der Waals surface area contributed by atoms with E-state index in [1.54, 1.807) is 83.1 Å². The zero-order valence-corrected chi connectivity index (χ0v) is 35.9. The van der Waals surface area contributed by atoms with Crippen molar-refractivity contribution in [3.8, 4) is 0 Å². The average Bonchev–Trinajstić information content (AvgIpc) is 2.96. The Labute approximate surface area is 321 Å². The van der Waals surface area contributed by atoms with Gasteiger partial charge in [0.2, 0.25) is 0 Å². The molecule has 2 atom stereocenters. The van der Waals surface area contributed by atoms with Crippen molar-refractivity contribution in [1.29, 1.82) is 0 Å². The van der Waals surface area contributed by atoms with Gasteiger partial charge in [-0.05, 0) is 102 Å². The minimum absolute atomic E-state index is 0.0386. The van der Waals surface area contributed by atoms with Crippen LogP contribution in [0.4, 0.5) is 19.2 Å². The van der Waals surface area contributed by atoms with Gasteiger partial charge in [-0.1, -0.05) is 84.5 Å². The maximum absolute atomic E-state index is 11.9. The van der Waals surface area contributed by atoms with E-state index in [1.165, 1.54) is 51.4 Å². The molecule has 0 rings (SSSR count). The number of hydrogen-bond donors (Lipinski definition) is 2. The molecule has 316 valence electrons. The molecule has 0 spiro atoms. The molecule has 0 saturated heterocycles. The molecular formula is C40H78O13. The number of unbranched alkanes of at least 4 members (excludes halogenated alkanes) is 10. The van der Waals surface area contributed by atoms with Crippen LogP contribution in [0.2, 0.25) is 0 Å². The van der Waals surface area contributed by atoms with Crippen molar-refractivity contribution >= 4 is 24.6 Å². The number of carbonyl (C=O) groups is 4. The van der Waals surface area contributed by atoms with E-state index < -0.39 is 59.2 Å². The average molecular weight is 767 g/mol. The standard InChI is InChI=1S/C20H38O6.C10H18O5.C10H22O2/c1-8-9-10-11-12-13-14-16(24-18(22)26-20(5,6)7)15-23-17(21)25-19(2,3)4;1-9(2,3)14-7(11)13-8(12)15-10(4,5)6;1-2-3-4-5-6-7-8-10(12)9-11/h16H,8-15H2,1-7H3;1-6H3;10-12H,2-9H2,1H3. The number of ether oxygens (including phenoxy) is 7. The molecule has 2 N–H and O–H groups in total. The van der Waals surface area contributed by atoms with Gasteiger partial charge in [0.1, 0.15) is 35.1 Å². The van der Waals surface area contributed by atoms with Crippen molar-refractivity contribution in [2.24, 2.45) is 0 Å². The van der Waals surface area contributed by atoms with E-state index in [1.807, 2.05) is 0 Å². The lowest BCUT2D eigenvalue weighted by Gasteiger charge is -2.23. The monoisotopic (exact) mass is 767 g/mol. The van der Waals surface area contributed by atoms with Crippen LogP contribution in [0.5, 0.6) is 0 Å². The first-order valence-corrected chi connectivity index (χ1v) is 19.4. The van der Waals surface area contributed by atoms with Gasteiger partial charge >= 0.3 is 24.6 Å². The molecule has 0 heterocycles. The predicted octanol–water partition coefficient (Wildman–Crippen LogP) is 11.0. The van der Waals surface area contributed by atoms with Gasteiger partial charge in [0.05, 0.1) is 12.7 Å². The summed E-state index contributed by atoms with van der Waals surface area (Å²) < 4.78 is 34.5. The number of carbonyl (C=O) groups excluding carboxylic acids is 4. The summed E-state index contributed by atoms with van der Waals surface area (Å²) in [5.41, 5.74) is -2.65. The molecule has 0 aliphatic heterocycles. The quantitative estimate of drug-likeness (QED) is 0.0584. The maximum atomic E-state index is 11.9. The fraction of sp³-hybridized carbons (Fsp3) is 0.900. The molecule has 0 aromatic heterocycles. The van der Waals surface area contributed by atoms with Gasteiger partial charge in [-0.2, -0.15) is 0 Å². The highest BCUT2D eigenvalue weighted by atomic mass is 16.8. The third kappa shape index (κ3) is 47.2. The van der Waals surface area contributed by atoms with Crippen LogP contribution in [0.25, 0.3) is 0 Å². The summed E-state index contributed by atoms with van der Waals surface area (Å²) >= 11 is 0. The molecule has 13 heteroatoms. The Morgan fingerprint density at radius 1 is 0.491 bits per heavy atom. The van der Waals surface area contributed by atoms with Crippen LogP contribution in [0.1, 0.15) is 187 Å². The summed E-state index contributed by atoms with van der Waals surface area (Å²) in [4.78, 5) is 45.6. The Bertz CT molecular complexity index is 928. The van der Waals surface area contributed by atoms with Gasteiger partial charge in [-0.25, -0.2) is 19.2 Å². The molecule has 0 aliphatic carbocycles. The SMILES string of the molecule is CC(C)(C)OC(=O)OC(=O)OC(C)(C)C.CCCCCCCCC(COC(=O)OC(C)(C)C)OC(=O)OC(C)(C)C.CCCCCCCCC(O)CO. The van der Waals surface area contributed by atoms with Crippen molar-refractivity contribution < 1.29 is 62.5 Å².